The van der Waals surface area contributed by atoms with E-state index in [-0.39, 0.29) is 30.1 Å². The van der Waals surface area contributed by atoms with Gasteiger partial charge in [0.25, 0.3) is 0 Å². The van der Waals surface area contributed by atoms with Crippen molar-refractivity contribution in [2.75, 3.05) is 26.2 Å². The van der Waals surface area contributed by atoms with Gasteiger partial charge in [-0.1, -0.05) is 0 Å². The summed E-state index contributed by atoms with van der Waals surface area (Å²) in [5.41, 5.74) is 1.41. The minimum Gasteiger partial charge on any atom is -0.345 e. The number of nitrogens with one attached hydrogen (secondary N) is 2. The van der Waals surface area contributed by atoms with Gasteiger partial charge in [-0.05, 0) is 32.0 Å². The fraction of sp³-hybridized carbons (Fsp3) is 0.467. The number of amides is 2. The topological polar surface area (TPSA) is 98.4 Å². The maximum absolute atomic E-state index is 12.8. The minimum atomic E-state index is -3.58. The first-order valence-corrected chi connectivity index (χ1v) is 9.30. The van der Waals surface area contributed by atoms with Crippen LogP contribution in [-0.2, 0) is 10.0 Å². The lowest BCUT2D eigenvalue weighted by molar-refractivity contribution is 0.170. The van der Waals surface area contributed by atoms with E-state index in [1.54, 1.807) is 23.1 Å². The predicted octanol–water partition coefficient (Wildman–Crippen LogP) is 0.987. The Labute approximate surface area is 140 Å². The van der Waals surface area contributed by atoms with Crippen LogP contribution in [0.2, 0.25) is 0 Å². The van der Waals surface area contributed by atoms with E-state index in [0.29, 0.717) is 18.6 Å². The van der Waals surface area contributed by atoms with Crippen LogP contribution in [-0.4, -0.2) is 65.8 Å². The molecule has 1 aromatic carbocycles. The second-order valence-electron chi connectivity index (χ2n) is 6.08. The van der Waals surface area contributed by atoms with Crippen molar-refractivity contribution in [1.29, 1.82) is 0 Å². The number of imidazole rings is 1. The lowest BCUT2D eigenvalue weighted by Gasteiger charge is -2.34. The fourth-order valence-electron chi connectivity index (χ4n) is 2.69. The lowest BCUT2D eigenvalue weighted by atomic mass is 10.3. The maximum atomic E-state index is 12.8. The van der Waals surface area contributed by atoms with E-state index in [0.717, 1.165) is 5.52 Å². The average Bonchev–Trinajstić information content (AvgIpc) is 3.02. The number of sulfonamides is 1. The number of fused-ring (bicyclic) bond motifs is 1. The van der Waals surface area contributed by atoms with Gasteiger partial charge in [0.05, 0.1) is 22.3 Å². The molecule has 0 saturated carbocycles. The fourth-order valence-corrected chi connectivity index (χ4v) is 4.14. The molecule has 8 nitrogen and oxygen atoms in total. The highest BCUT2D eigenvalue weighted by atomic mass is 32.2. The number of hydrogen-bond acceptors (Lipinski definition) is 4. The quantitative estimate of drug-likeness (QED) is 0.861. The van der Waals surface area contributed by atoms with E-state index >= 15 is 0 Å². The molecule has 1 fully saturated rings. The van der Waals surface area contributed by atoms with Crippen LogP contribution in [0, 0.1) is 0 Å². The number of carbonyl (C=O) groups is 1. The molecule has 0 atom stereocenters. The normalized spacial score (nSPS) is 16.7. The summed E-state index contributed by atoms with van der Waals surface area (Å²) in [6, 6.07) is 4.75. The van der Waals surface area contributed by atoms with Crippen molar-refractivity contribution < 1.29 is 13.2 Å². The van der Waals surface area contributed by atoms with Crippen molar-refractivity contribution in [2.24, 2.45) is 0 Å². The number of carbonyl (C=O) groups excluding carboxylic acids is 1. The molecule has 1 aliphatic rings. The second-order valence-corrected chi connectivity index (χ2v) is 8.01. The van der Waals surface area contributed by atoms with Crippen molar-refractivity contribution in [3.05, 3.63) is 24.5 Å². The summed E-state index contributed by atoms with van der Waals surface area (Å²) in [4.78, 5) is 20.9. The SMILES string of the molecule is CC(C)NC(=O)N1CCN(S(=O)(=O)c2ccc3nc[nH]c3c2)CC1. The Balaban J connectivity index is 1.71. The molecule has 3 rings (SSSR count). The van der Waals surface area contributed by atoms with Gasteiger partial charge in [-0.15, -0.1) is 0 Å². The highest BCUT2D eigenvalue weighted by molar-refractivity contribution is 7.89. The van der Waals surface area contributed by atoms with E-state index < -0.39 is 10.0 Å². The molecule has 24 heavy (non-hydrogen) atoms. The second kappa shape index (κ2) is 6.40. The third-order valence-electron chi connectivity index (χ3n) is 3.97. The monoisotopic (exact) mass is 351 g/mol. The van der Waals surface area contributed by atoms with E-state index in [1.165, 1.54) is 10.6 Å². The highest BCUT2D eigenvalue weighted by Crippen LogP contribution is 2.21. The number of urea groups is 1. The summed E-state index contributed by atoms with van der Waals surface area (Å²) in [5, 5.41) is 2.82. The zero-order valence-corrected chi connectivity index (χ0v) is 14.5. The Hall–Kier alpha value is -2.13. The van der Waals surface area contributed by atoms with Crippen LogP contribution in [0.5, 0.6) is 0 Å². The lowest BCUT2D eigenvalue weighted by Crippen LogP contribution is -2.53. The van der Waals surface area contributed by atoms with E-state index in [1.807, 2.05) is 13.8 Å². The molecule has 2 N–H and O–H groups in total. The largest absolute Gasteiger partial charge is 0.345 e. The number of H-pyrrole nitrogens is 1. The highest BCUT2D eigenvalue weighted by Gasteiger charge is 2.30. The summed E-state index contributed by atoms with van der Waals surface area (Å²) in [5.74, 6) is 0. The van der Waals surface area contributed by atoms with Crippen molar-refractivity contribution >= 4 is 27.1 Å². The first kappa shape index (κ1) is 16.7. The first-order valence-electron chi connectivity index (χ1n) is 7.86. The number of aromatic amines is 1. The van der Waals surface area contributed by atoms with Crippen LogP contribution < -0.4 is 5.32 Å². The molecule has 130 valence electrons. The van der Waals surface area contributed by atoms with Gasteiger partial charge in [0.1, 0.15) is 0 Å². The van der Waals surface area contributed by atoms with Crippen molar-refractivity contribution in [1.82, 2.24) is 24.5 Å². The first-order chi connectivity index (χ1) is 11.4. The standard InChI is InChI=1S/C15H21N5O3S/c1-11(2)18-15(21)19-5-7-20(8-6-19)24(22,23)12-3-4-13-14(9-12)17-10-16-13/h3-4,9-11H,5-8H2,1-2H3,(H,16,17)(H,18,21). The van der Waals surface area contributed by atoms with E-state index in [9.17, 15) is 13.2 Å². The van der Waals surface area contributed by atoms with E-state index in [4.69, 9.17) is 0 Å². The number of benzene rings is 1. The molecule has 2 aromatic rings. The molecule has 9 heteroatoms. The number of hydrogen-bond donors (Lipinski definition) is 2. The van der Waals surface area contributed by atoms with Gasteiger partial charge in [-0.2, -0.15) is 4.31 Å². The maximum Gasteiger partial charge on any atom is 0.317 e. The number of aromatic nitrogens is 2. The Morgan fingerprint density at radius 3 is 2.62 bits per heavy atom. The Kier molecular flexibility index (Phi) is 4.46. The summed E-state index contributed by atoms with van der Waals surface area (Å²) < 4.78 is 27.0. The summed E-state index contributed by atoms with van der Waals surface area (Å²) in [6.45, 7) is 5.12. The van der Waals surface area contributed by atoms with Gasteiger partial charge in [0.2, 0.25) is 10.0 Å². The molecule has 0 unspecified atom stereocenters. The molecular weight excluding hydrogens is 330 g/mol. The third-order valence-corrected chi connectivity index (χ3v) is 5.86. The van der Waals surface area contributed by atoms with Gasteiger partial charge in [0.15, 0.2) is 0 Å². The smallest absolute Gasteiger partial charge is 0.317 e. The number of rotatable bonds is 3. The zero-order chi connectivity index (χ0) is 17.3. The molecule has 2 heterocycles. The van der Waals surface area contributed by atoms with Gasteiger partial charge >= 0.3 is 6.03 Å². The van der Waals surface area contributed by atoms with Crippen LogP contribution in [0.15, 0.2) is 29.4 Å². The van der Waals surface area contributed by atoms with Gasteiger partial charge in [0, 0.05) is 32.2 Å². The van der Waals surface area contributed by atoms with Crippen molar-refractivity contribution in [3.8, 4) is 0 Å². The Bertz CT molecular complexity index is 838. The molecule has 2 amide bonds. The predicted molar refractivity (Wildman–Crippen MR) is 90.1 cm³/mol. The molecule has 0 radical (unpaired) electrons. The van der Waals surface area contributed by atoms with Crippen LogP contribution in [0.4, 0.5) is 4.79 Å². The number of nitrogens with zero attached hydrogens (tertiary/aromatic N) is 3. The molecule has 1 aliphatic heterocycles. The minimum absolute atomic E-state index is 0.0559. The summed E-state index contributed by atoms with van der Waals surface area (Å²) in [6.07, 6.45) is 1.53. The third kappa shape index (κ3) is 3.22. The zero-order valence-electron chi connectivity index (χ0n) is 13.7. The van der Waals surface area contributed by atoms with Gasteiger partial charge in [-0.3, -0.25) is 0 Å². The molecule has 1 aromatic heterocycles. The van der Waals surface area contributed by atoms with Gasteiger partial charge < -0.3 is 15.2 Å². The van der Waals surface area contributed by atoms with Crippen molar-refractivity contribution in [3.63, 3.8) is 0 Å². The summed E-state index contributed by atoms with van der Waals surface area (Å²) >= 11 is 0. The van der Waals surface area contributed by atoms with Crippen LogP contribution in [0.3, 0.4) is 0 Å². The van der Waals surface area contributed by atoms with Crippen LogP contribution >= 0.6 is 0 Å². The number of piperazine rings is 1. The molecule has 0 spiro atoms. The summed E-state index contributed by atoms with van der Waals surface area (Å²) in [7, 11) is -3.58. The average molecular weight is 351 g/mol. The Morgan fingerprint density at radius 2 is 1.96 bits per heavy atom. The van der Waals surface area contributed by atoms with Crippen LogP contribution in [0.1, 0.15) is 13.8 Å². The van der Waals surface area contributed by atoms with Gasteiger partial charge in [-0.25, -0.2) is 18.2 Å². The molecular formula is C15H21N5O3S. The molecule has 1 saturated heterocycles. The van der Waals surface area contributed by atoms with E-state index in [2.05, 4.69) is 15.3 Å². The van der Waals surface area contributed by atoms with Crippen LogP contribution in [0.25, 0.3) is 11.0 Å². The van der Waals surface area contributed by atoms with Crippen molar-refractivity contribution in [2.45, 2.75) is 24.8 Å². The molecule has 0 bridgehead atoms. The Morgan fingerprint density at radius 1 is 1.25 bits per heavy atom. The molecule has 0 aliphatic carbocycles.